The molecule has 0 aliphatic heterocycles. The minimum Gasteiger partial charge on any atom is -0.467 e. The van der Waals surface area contributed by atoms with Crippen molar-refractivity contribution in [3.05, 3.63) is 58.5 Å². The molecule has 0 saturated carbocycles. The van der Waals surface area contributed by atoms with Gasteiger partial charge in [0.2, 0.25) is 0 Å². The number of methoxy groups -OCH3 is 1. The van der Waals surface area contributed by atoms with Crippen molar-refractivity contribution in [3.63, 3.8) is 0 Å². The first-order valence-electron chi connectivity index (χ1n) is 6.91. The number of amides is 1. The van der Waals surface area contributed by atoms with E-state index in [1.165, 1.54) is 6.26 Å². The zero-order valence-corrected chi connectivity index (χ0v) is 13.3. The van der Waals surface area contributed by atoms with Crippen molar-refractivity contribution in [2.24, 2.45) is 5.73 Å². The fourth-order valence-electron chi connectivity index (χ4n) is 2.25. The van der Waals surface area contributed by atoms with Crippen LogP contribution in [0.3, 0.4) is 0 Å². The van der Waals surface area contributed by atoms with E-state index in [1.807, 2.05) is 19.1 Å². The second-order valence-corrected chi connectivity index (χ2v) is 5.41. The van der Waals surface area contributed by atoms with Gasteiger partial charge in [0, 0.05) is 12.1 Å². The van der Waals surface area contributed by atoms with Crippen molar-refractivity contribution in [1.29, 1.82) is 0 Å². The number of halogens is 1. The molecule has 1 amide bonds. The monoisotopic (exact) mass is 322 g/mol. The number of carbonyl (C=O) groups is 1. The van der Waals surface area contributed by atoms with Gasteiger partial charge in [0.25, 0.3) is 5.91 Å². The topological polar surface area (TPSA) is 77.5 Å². The molecular weight excluding hydrogens is 304 g/mol. The molecule has 1 aromatic heterocycles. The third kappa shape index (κ3) is 3.88. The molecule has 2 aromatic rings. The molecule has 2 rings (SSSR count). The molecule has 22 heavy (non-hydrogen) atoms. The highest BCUT2D eigenvalue weighted by atomic mass is 35.5. The summed E-state index contributed by atoms with van der Waals surface area (Å²) in [6, 6.07) is 8.75. The molecule has 1 heterocycles. The van der Waals surface area contributed by atoms with Crippen LogP contribution in [0.25, 0.3) is 0 Å². The Hall–Kier alpha value is -1.82. The number of benzene rings is 1. The molecule has 0 aliphatic rings. The van der Waals surface area contributed by atoms with Gasteiger partial charge in [0.1, 0.15) is 18.1 Å². The summed E-state index contributed by atoms with van der Waals surface area (Å²) in [5.74, 6) is 0.339. The average Bonchev–Trinajstić information content (AvgIpc) is 2.99. The zero-order chi connectivity index (χ0) is 16.1. The largest absolute Gasteiger partial charge is 0.467 e. The Morgan fingerprint density at radius 2 is 2.09 bits per heavy atom. The maximum Gasteiger partial charge on any atom is 0.254 e. The number of carbonyl (C=O) groups excluding carboxylic acids is 1. The Morgan fingerprint density at radius 1 is 1.41 bits per heavy atom. The quantitative estimate of drug-likeness (QED) is 0.857. The summed E-state index contributed by atoms with van der Waals surface area (Å²) >= 11 is 5.89. The first-order chi connectivity index (χ1) is 10.5. The summed E-state index contributed by atoms with van der Waals surface area (Å²) in [6.07, 6.45) is 1.12. The minimum absolute atomic E-state index is 0.227. The number of nitrogens with one attached hydrogen (secondary N) is 1. The van der Waals surface area contributed by atoms with E-state index in [1.54, 1.807) is 25.3 Å². The van der Waals surface area contributed by atoms with E-state index in [0.29, 0.717) is 16.3 Å². The van der Waals surface area contributed by atoms with Gasteiger partial charge in [0.15, 0.2) is 0 Å². The summed E-state index contributed by atoms with van der Waals surface area (Å²) < 4.78 is 10.7. The first-order valence-corrected chi connectivity index (χ1v) is 7.29. The van der Waals surface area contributed by atoms with E-state index >= 15 is 0 Å². The molecule has 0 radical (unpaired) electrons. The number of hydrogen-bond donors (Lipinski definition) is 2. The predicted molar refractivity (Wildman–Crippen MR) is 84.7 cm³/mol. The van der Waals surface area contributed by atoms with Crippen LogP contribution in [0.1, 0.15) is 34.7 Å². The van der Waals surface area contributed by atoms with Crippen LogP contribution >= 0.6 is 11.6 Å². The second kappa shape index (κ2) is 7.45. The summed E-state index contributed by atoms with van der Waals surface area (Å²) in [7, 11) is 1.60. The fourth-order valence-corrected chi connectivity index (χ4v) is 2.38. The van der Waals surface area contributed by atoms with E-state index < -0.39 is 0 Å². The summed E-state index contributed by atoms with van der Waals surface area (Å²) in [6.45, 7) is 2.14. The van der Waals surface area contributed by atoms with Crippen LogP contribution in [0, 0.1) is 0 Å². The van der Waals surface area contributed by atoms with Gasteiger partial charge in [-0.3, -0.25) is 4.79 Å². The highest BCUT2D eigenvalue weighted by Crippen LogP contribution is 2.22. The van der Waals surface area contributed by atoms with Crippen molar-refractivity contribution in [1.82, 2.24) is 5.32 Å². The number of nitrogens with two attached hydrogens (primary N) is 1. The highest BCUT2D eigenvalue weighted by molar-refractivity contribution is 6.30. The molecule has 3 N–H and O–H groups in total. The zero-order valence-electron chi connectivity index (χ0n) is 12.5. The number of hydrogen-bond acceptors (Lipinski definition) is 4. The van der Waals surface area contributed by atoms with Gasteiger partial charge in [-0.05, 0) is 30.7 Å². The van der Waals surface area contributed by atoms with E-state index in [2.05, 4.69) is 5.32 Å². The van der Waals surface area contributed by atoms with Crippen LogP contribution in [-0.2, 0) is 11.3 Å². The van der Waals surface area contributed by atoms with E-state index in [0.717, 1.165) is 5.56 Å². The van der Waals surface area contributed by atoms with Gasteiger partial charge in [-0.2, -0.15) is 0 Å². The number of ether oxygens (including phenoxy) is 1. The van der Waals surface area contributed by atoms with Crippen LogP contribution in [-0.4, -0.2) is 19.1 Å². The highest BCUT2D eigenvalue weighted by Gasteiger charge is 2.22. The molecule has 2 unspecified atom stereocenters. The molecule has 0 saturated heterocycles. The smallest absolute Gasteiger partial charge is 0.254 e. The van der Waals surface area contributed by atoms with E-state index in [-0.39, 0.29) is 24.6 Å². The van der Waals surface area contributed by atoms with Crippen molar-refractivity contribution in [2.45, 2.75) is 25.6 Å². The average molecular weight is 323 g/mol. The minimum atomic E-state index is -0.276. The summed E-state index contributed by atoms with van der Waals surface area (Å²) in [5, 5.41) is 3.56. The molecule has 5 nitrogen and oxygen atoms in total. The predicted octanol–water partition coefficient (Wildman–Crippen LogP) is 2.90. The molecule has 1 aromatic carbocycles. The lowest BCUT2D eigenvalue weighted by Gasteiger charge is -2.24. The Kier molecular flexibility index (Phi) is 5.60. The van der Waals surface area contributed by atoms with Gasteiger partial charge in [-0.25, -0.2) is 0 Å². The van der Waals surface area contributed by atoms with Gasteiger partial charge < -0.3 is 20.2 Å². The maximum absolute atomic E-state index is 12.2. The van der Waals surface area contributed by atoms with Crippen molar-refractivity contribution < 1.29 is 13.9 Å². The molecular formula is C16H19ClN2O3. The molecule has 0 aliphatic carbocycles. The second-order valence-electron chi connectivity index (χ2n) is 4.98. The maximum atomic E-state index is 12.2. The summed E-state index contributed by atoms with van der Waals surface area (Å²) in [5.41, 5.74) is 6.85. The van der Waals surface area contributed by atoms with Crippen LogP contribution < -0.4 is 11.1 Å². The lowest BCUT2D eigenvalue weighted by molar-refractivity contribution is 0.0644. The van der Waals surface area contributed by atoms with Gasteiger partial charge in [-0.15, -0.1) is 0 Å². The standard InChI is InChI=1S/C16H19ClN2O3/c1-10(15(21-2)11-3-5-13(17)6-4-11)19-16(20)12-7-14(8-18)22-9-12/h3-7,9-10,15H,8,18H2,1-2H3,(H,19,20). The SMILES string of the molecule is COC(c1ccc(Cl)cc1)C(C)NC(=O)c1coc(CN)c1. The summed E-state index contributed by atoms with van der Waals surface area (Å²) in [4.78, 5) is 12.2. The Labute approximate surface area is 134 Å². The Balaban J connectivity index is 2.06. The van der Waals surface area contributed by atoms with Crippen LogP contribution in [0.5, 0.6) is 0 Å². The molecule has 0 bridgehead atoms. The van der Waals surface area contributed by atoms with Crippen LogP contribution in [0.4, 0.5) is 0 Å². The number of furan rings is 1. The normalized spacial score (nSPS) is 13.6. The lowest BCUT2D eigenvalue weighted by Crippen LogP contribution is -2.37. The van der Waals surface area contributed by atoms with Crippen molar-refractivity contribution >= 4 is 17.5 Å². The molecule has 0 spiro atoms. The van der Waals surface area contributed by atoms with Crippen LogP contribution in [0.15, 0.2) is 41.0 Å². The van der Waals surface area contributed by atoms with Gasteiger partial charge in [-0.1, -0.05) is 23.7 Å². The van der Waals surface area contributed by atoms with E-state index in [9.17, 15) is 4.79 Å². The number of rotatable bonds is 6. The van der Waals surface area contributed by atoms with E-state index in [4.69, 9.17) is 26.5 Å². The lowest BCUT2D eigenvalue weighted by atomic mass is 10.0. The molecule has 118 valence electrons. The van der Waals surface area contributed by atoms with Gasteiger partial charge >= 0.3 is 0 Å². The first kappa shape index (κ1) is 16.5. The fraction of sp³-hybridized carbons (Fsp3) is 0.312. The van der Waals surface area contributed by atoms with Crippen molar-refractivity contribution in [3.8, 4) is 0 Å². The Bertz CT molecular complexity index is 625. The van der Waals surface area contributed by atoms with Crippen molar-refractivity contribution in [2.75, 3.05) is 7.11 Å². The van der Waals surface area contributed by atoms with Crippen LogP contribution in [0.2, 0.25) is 5.02 Å². The third-order valence-corrected chi connectivity index (χ3v) is 3.63. The third-order valence-electron chi connectivity index (χ3n) is 3.38. The van der Waals surface area contributed by atoms with Gasteiger partial charge in [0.05, 0.1) is 18.2 Å². The molecule has 6 heteroatoms. The molecule has 2 atom stereocenters. The Morgan fingerprint density at radius 3 is 2.64 bits per heavy atom. The molecule has 0 fully saturated rings.